The van der Waals surface area contributed by atoms with E-state index in [4.69, 9.17) is 9.97 Å². The first-order chi connectivity index (χ1) is 15.9. The quantitative estimate of drug-likeness (QED) is 0.282. The maximum absolute atomic E-state index is 4.88. The van der Waals surface area contributed by atoms with Crippen molar-refractivity contribution in [2.24, 2.45) is 12.5 Å². The van der Waals surface area contributed by atoms with Crippen molar-refractivity contribution in [1.82, 2.24) is 14.5 Å². The average molecular weight is 430 g/mol. The molecule has 0 bridgehead atoms. The maximum Gasteiger partial charge on any atom is 0.144 e. The van der Waals surface area contributed by atoms with E-state index >= 15 is 0 Å². The Balaban J connectivity index is 1.74. The van der Waals surface area contributed by atoms with Gasteiger partial charge in [0.15, 0.2) is 0 Å². The highest BCUT2D eigenvalue weighted by atomic mass is 15.0. The molecule has 0 saturated carbocycles. The van der Waals surface area contributed by atoms with Crippen molar-refractivity contribution in [3.63, 3.8) is 0 Å². The molecule has 0 N–H and O–H groups in total. The molecule has 2 heterocycles. The van der Waals surface area contributed by atoms with Crippen LogP contribution in [0, 0.1) is 5.41 Å². The van der Waals surface area contributed by atoms with E-state index in [0.29, 0.717) is 0 Å². The van der Waals surface area contributed by atoms with E-state index in [9.17, 15) is 0 Å². The number of aryl methyl sites for hydroxylation is 1. The second kappa shape index (κ2) is 7.14. The molecule has 2 aromatic heterocycles. The molecular formula is C30H27N3. The molecule has 6 rings (SSSR count). The van der Waals surface area contributed by atoms with Crippen LogP contribution in [0.3, 0.4) is 0 Å². The number of rotatable bonds is 2. The molecule has 0 saturated heterocycles. The van der Waals surface area contributed by atoms with Gasteiger partial charge in [-0.15, -0.1) is 0 Å². The zero-order valence-corrected chi connectivity index (χ0v) is 19.6. The number of aromatic nitrogens is 3. The number of hydrogen-bond acceptors (Lipinski definition) is 2. The van der Waals surface area contributed by atoms with Crippen LogP contribution in [0.25, 0.3) is 54.7 Å². The van der Waals surface area contributed by atoms with Gasteiger partial charge < -0.3 is 4.57 Å². The summed E-state index contributed by atoms with van der Waals surface area (Å²) in [6.07, 6.45) is 2.74. The molecule has 0 fully saturated rings. The first kappa shape index (κ1) is 19.9. The van der Waals surface area contributed by atoms with Crippen LogP contribution in [-0.2, 0) is 13.5 Å². The molecule has 6 aromatic rings. The van der Waals surface area contributed by atoms with Gasteiger partial charge in [-0.05, 0) is 45.0 Å². The highest BCUT2D eigenvalue weighted by molar-refractivity contribution is 6.24. The predicted octanol–water partition coefficient (Wildman–Crippen LogP) is 7.68. The van der Waals surface area contributed by atoms with Gasteiger partial charge in [0.2, 0.25) is 0 Å². The summed E-state index contributed by atoms with van der Waals surface area (Å²) in [5, 5.41) is 7.38. The van der Waals surface area contributed by atoms with Crippen LogP contribution < -0.4 is 0 Å². The van der Waals surface area contributed by atoms with Crippen molar-refractivity contribution in [1.29, 1.82) is 0 Å². The van der Waals surface area contributed by atoms with E-state index < -0.39 is 0 Å². The molecule has 162 valence electrons. The number of benzene rings is 4. The standard InChI is InChI=1S/C30H27N3/c1-30(2,3)17-20-10-7-13-23-21(20)12-8-14-24(23)28-27-26-22-11-6-5-9-19(22)15-16-25(26)33(4)29(27)32-18-31-28/h5-16,18H,17H2,1-4H3. The molecule has 0 radical (unpaired) electrons. The van der Waals surface area contributed by atoms with E-state index in [2.05, 4.69) is 105 Å². The van der Waals surface area contributed by atoms with E-state index in [-0.39, 0.29) is 5.41 Å². The smallest absolute Gasteiger partial charge is 0.144 e. The minimum atomic E-state index is 0.223. The lowest BCUT2D eigenvalue weighted by molar-refractivity contribution is 0.412. The lowest BCUT2D eigenvalue weighted by Crippen LogP contribution is -2.09. The number of nitrogens with zero attached hydrogens (tertiary/aromatic N) is 3. The second-order valence-electron chi connectivity index (χ2n) is 10.2. The predicted molar refractivity (Wildman–Crippen MR) is 140 cm³/mol. The SMILES string of the molecule is Cn1c2ccc3ccccc3c2c2c(-c3cccc4c(CC(C)(C)C)cccc34)ncnc21. The minimum absolute atomic E-state index is 0.223. The van der Waals surface area contributed by atoms with Crippen molar-refractivity contribution in [2.45, 2.75) is 27.2 Å². The third-order valence-electron chi connectivity index (χ3n) is 6.65. The highest BCUT2D eigenvalue weighted by Crippen LogP contribution is 2.40. The van der Waals surface area contributed by atoms with Gasteiger partial charge in [-0.1, -0.05) is 87.5 Å². The molecule has 0 spiro atoms. The van der Waals surface area contributed by atoms with Crippen LogP contribution in [-0.4, -0.2) is 14.5 Å². The third-order valence-corrected chi connectivity index (χ3v) is 6.65. The van der Waals surface area contributed by atoms with E-state index in [0.717, 1.165) is 28.7 Å². The first-order valence-corrected chi connectivity index (χ1v) is 11.5. The Hall–Kier alpha value is -3.72. The maximum atomic E-state index is 4.88. The molecule has 0 aliphatic carbocycles. The molecule has 0 amide bonds. The van der Waals surface area contributed by atoms with Gasteiger partial charge in [0.05, 0.1) is 16.6 Å². The summed E-state index contributed by atoms with van der Waals surface area (Å²) in [4.78, 5) is 9.59. The van der Waals surface area contributed by atoms with Gasteiger partial charge >= 0.3 is 0 Å². The topological polar surface area (TPSA) is 30.7 Å². The summed E-state index contributed by atoms with van der Waals surface area (Å²) in [6.45, 7) is 6.89. The summed E-state index contributed by atoms with van der Waals surface area (Å²) >= 11 is 0. The molecule has 33 heavy (non-hydrogen) atoms. The Morgan fingerprint density at radius 2 is 1.48 bits per heavy atom. The molecule has 3 heteroatoms. The van der Waals surface area contributed by atoms with Gasteiger partial charge in [0.25, 0.3) is 0 Å². The van der Waals surface area contributed by atoms with Gasteiger partial charge in [-0.2, -0.15) is 0 Å². The van der Waals surface area contributed by atoms with E-state index in [1.807, 2.05) is 0 Å². The zero-order chi connectivity index (χ0) is 22.7. The Bertz CT molecular complexity index is 1680. The van der Waals surface area contributed by atoms with Gasteiger partial charge in [0, 0.05) is 18.0 Å². The van der Waals surface area contributed by atoms with Crippen LogP contribution >= 0.6 is 0 Å². The molecule has 0 unspecified atom stereocenters. The minimum Gasteiger partial charge on any atom is -0.328 e. The van der Waals surface area contributed by atoms with E-state index in [1.165, 1.54) is 38.0 Å². The van der Waals surface area contributed by atoms with Crippen LogP contribution in [0.5, 0.6) is 0 Å². The number of hydrogen-bond donors (Lipinski definition) is 0. The summed E-state index contributed by atoms with van der Waals surface area (Å²) in [6, 6.07) is 26.3. The fourth-order valence-corrected chi connectivity index (χ4v) is 5.29. The first-order valence-electron chi connectivity index (χ1n) is 11.5. The monoisotopic (exact) mass is 429 g/mol. The Morgan fingerprint density at radius 1 is 0.727 bits per heavy atom. The Labute approximate surface area is 193 Å². The fourth-order valence-electron chi connectivity index (χ4n) is 5.29. The van der Waals surface area contributed by atoms with Crippen LogP contribution in [0.2, 0.25) is 0 Å². The molecule has 3 nitrogen and oxygen atoms in total. The van der Waals surface area contributed by atoms with Gasteiger partial charge in [0.1, 0.15) is 12.0 Å². The normalized spacial score (nSPS) is 12.4. The second-order valence-corrected chi connectivity index (χ2v) is 10.2. The van der Waals surface area contributed by atoms with Crippen LogP contribution in [0.4, 0.5) is 0 Å². The zero-order valence-electron chi connectivity index (χ0n) is 19.6. The van der Waals surface area contributed by atoms with E-state index in [1.54, 1.807) is 6.33 Å². The van der Waals surface area contributed by atoms with Crippen molar-refractivity contribution in [3.05, 3.63) is 84.7 Å². The molecule has 0 aliphatic rings. The van der Waals surface area contributed by atoms with Crippen molar-refractivity contribution < 1.29 is 0 Å². The summed E-state index contributed by atoms with van der Waals surface area (Å²) < 4.78 is 2.19. The lowest BCUT2D eigenvalue weighted by atomic mass is 9.85. The lowest BCUT2D eigenvalue weighted by Gasteiger charge is -2.20. The highest BCUT2D eigenvalue weighted by Gasteiger charge is 2.20. The molecule has 4 aromatic carbocycles. The molecule has 0 aliphatic heterocycles. The van der Waals surface area contributed by atoms with Crippen molar-refractivity contribution >= 4 is 43.5 Å². The van der Waals surface area contributed by atoms with Crippen LogP contribution in [0.15, 0.2) is 79.1 Å². The average Bonchev–Trinajstić information content (AvgIpc) is 3.11. The Kier molecular flexibility index (Phi) is 4.31. The number of fused-ring (bicyclic) bond motifs is 6. The summed E-state index contributed by atoms with van der Waals surface area (Å²) in [7, 11) is 2.10. The fraction of sp³-hybridized carbons (Fsp3) is 0.200. The Morgan fingerprint density at radius 3 is 2.33 bits per heavy atom. The van der Waals surface area contributed by atoms with Crippen LogP contribution in [0.1, 0.15) is 26.3 Å². The third kappa shape index (κ3) is 3.11. The van der Waals surface area contributed by atoms with Crippen molar-refractivity contribution in [2.75, 3.05) is 0 Å². The largest absolute Gasteiger partial charge is 0.328 e. The van der Waals surface area contributed by atoms with Gasteiger partial charge in [-0.3, -0.25) is 0 Å². The van der Waals surface area contributed by atoms with Gasteiger partial charge in [-0.25, -0.2) is 9.97 Å². The van der Waals surface area contributed by atoms with Crippen molar-refractivity contribution in [3.8, 4) is 11.3 Å². The summed E-state index contributed by atoms with van der Waals surface area (Å²) in [5.74, 6) is 0. The summed E-state index contributed by atoms with van der Waals surface area (Å²) in [5.41, 5.74) is 5.92. The molecule has 0 atom stereocenters. The molecular weight excluding hydrogens is 402 g/mol.